The van der Waals surface area contributed by atoms with Gasteiger partial charge in [-0.05, 0) is 18.2 Å². The van der Waals surface area contributed by atoms with Gasteiger partial charge in [0.05, 0.1) is 0 Å². The summed E-state index contributed by atoms with van der Waals surface area (Å²) in [7, 11) is 0. The van der Waals surface area contributed by atoms with Crippen LogP contribution in [0.1, 0.15) is 5.56 Å². The van der Waals surface area contributed by atoms with Gasteiger partial charge in [-0.15, -0.1) is 0 Å². The molecule has 0 aromatic heterocycles. The molecule has 0 fully saturated rings. The van der Waals surface area contributed by atoms with Gasteiger partial charge < -0.3 is 5.73 Å². The smallest absolute Gasteiger partial charge is 0.125 e. The first-order valence-corrected chi connectivity index (χ1v) is 3.79. The monoisotopic (exact) mass is 211 g/mol. The van der Waals surface area contributed by atoms with Gasteiger partial charge in [0.1, 0.15) is 5.94 Å². The number of hydrogen-bond donors (Lipinski definition) is 1. The lowest BCUT2D eigenvalue weighted by Gasteiger charge is -1.97. The largest absolute Gasteiger partial charge is 0.398 e. The zero-order valence-corrected chi connectivity index (χ0v) is 7.26. The fourth-order valence-corrected chi connectivity index (χ4v) is 1.11. The highest BCUT2D eigenvalue weighted by Crippen LogP contribution is 2.18. The fourth-order valence-electron chi connectivity index (χ4n) is 0.734. The second kappa shape index (κ2) is 3.37. The lowest BCUT2D eigenvalue weighted by atomic mass is 10.2. The topological polar surface area (TPSA) is 43.1 Å². The van der Waals surface area contributed by atoms with Crippen molar-refractivity contribution in [2.24, 2.45) is 0 Å². The van der Waals surface area contributed by atoms with Crippen LogP contribution in [-0.4, -0.2) is 5.94 Å². The van der Waals surface area contributed by atoms with Crippen molar-refractivity contribution >= 4 is 33.6 Å². The van der Waals surface area contributed by atoms with Crippen LogP contribution < -0.4 is 5.73 Å². The van der Waals surface area contributed by atoms with E-state index in [4.69, 9.17) is 5.73 Å². The van der Waals surface area contributed by atoms with E-state index < -0.39 is 0 Å². The molecule has 56 valence electrons. The van der Waals surface area contributed by atoms with Crippen molar-refractivity contribution in [2.75, 3.05) is 5.73 Å². The number of halogens is 1. The van der Waals surface area contributed by atoms with Crippen LogP contribution >= 0.6 is 15.9 Å². The summed E-state index contributed by atoms with van der Waals surface area (Å²) in [6, 6.07) is 5.31. The molecular formula is C8H6BrNO. The Kier molecular flexibility index (Phi) is 2.47. The molecule has 0 aliphatic heterocycles. The van der Waals surface area contributed by atoms with Crippen molar-refractivity contribution in [1.82, 2.24) is 0 Å². The summed E-state index contributed by atoms with van der Waals surface area (Å²) in [5, 5.41) is 0. The lowest BCUT2D eigenvalue weighted by Crippen LogP contribution is -1.88. The van der Waals surface area contributed by atoms with Crippen LogP contribution in [-0.2, 0) is 4.79 Å². The van der Waals surface area contributed by atoms with Gasteiger partial charge in [0.15, 0.2) is 0 Å². The van der Waals surface area contributed by atoms with E-state index in [1.165, 1.54) is 6.08 Å². The SMILES string of the molecule is Nc1ccc(Br)cc1C=C=O. The molecule has 0 saturated carbocycles. The zero-order valence-electron chi connectivity index (χ0n) is 5.67. The summed E-state index contributed by atoms with van der Waals surface area (Å²) in [5.74, 6) is 1.68. The van der Waals surface area contributed by atoms with Gasteiger partial charge in [-0.3, -0.25) is 0 Å². The Morgan fingerprint density at radius 2 is 2.27 bits per heavy atom. The second-order valence-electron chi connectivity index (χ2n) is 2.04. The minimum absolute atomic E-state index is 0.580. The molecule has 0 bridgehead atoms. The summed E-state index contributed by atoms with van der Waals surface area (Å²) in [5.41, 5.74) is 6.81. The molecule has 1 aromatic carbocycles. The third kappa shape index (κ3) is 1.93. The van der Waals surface area contributed by atoms with Crippen molar-refractivity contribution < 1.29 is 4.79 Å². The molecule has 0 aliphatic rings. The Balaban J connectivity index is 3.22. The maximum atomic E-state index is 9.99. The number of nitrogen functional groups attached to an aromatic ring is 1. The first-order valence-electron chi connectivity index (χ1n) is 3.00. The molecule has 11 heavy (non-hydrogen) atoms. The van der Waals surface area contributed by atoms with Crippen molar-refractivity contribution in [1.29, 1.82) is 0 Å². The minimum Gasteiger partial charge on any atom is -0.398 e. The first-order chi connectivity index (χ1) is 5.24. The Morgan fingerprint density at radius 3 is 2.91 bits per heavy atom. The van der Waals surface area contributed by atoms with Crippen molar-refractivity contribution in [2.45, 2.75) is 0 Å². The molecule has 0 atom stereocenters. The number of benzene rings is 1. The highest BCUT2D eigenvalue weighted by atomic mass is 79.9. The summed E-state index contributed by atoms with van der Waals surface area (Å²) < 4.78 is 0.896. The number of hydrogen-bond acceptors (Lipinski definition) is 2. The van der Waals surface area contributed by atoms with E-state index in [2.05, 4.69) is 15.9 Å². The third-order valence-electron chi connectivity index (χ3n) is 1.26. The van der Waals surface area contributed by atoms with Gasteiger partial charge in [-0.2, -0.15) is 0 Å². The van der Waals surface area contributed by atoms with Crippen LogP contribution in [0.4, 0.5) is 5.69 Å². The molecule has 0 spiro atoms. The Morgan fingerprint density at radius 1 is 1.55 bits per heavy atom. The molecule has 2 N–H and O–H groups in total. The van der Waals surface area contributed by atoms with Gasteiger partial charge in [-0.1, -0.05) is 15.9 Å². The van der Waals surface area contributed by atoms with Crippen LogP contribution in [0.15, 0.2) is 22.7 Å². The van der Waals surface area contributed by atoms with Crippen molar-refractivity contribution in [3.63, 3.8) is 0 Å². The van der Waals surface area contributed by atoms with Crippen LogP contribution in [0.5, 0.6) is 0 Å². The molecule has 1 aromatic rings. The van der Waals surface area contributed by atoms with Crippen LogP contribution in [0.2, 0.25) is 0 Å². The van der Waals surface area contributed by atoms with E-state index in [1.54, 1.807) is 18.1 Å². The molecular weight excluding hydrogens is 206 g/mol. The normalized spacial score (nSPS) is 8.82. The van der Waals surface area contributed by atoms with Gasteiger partial charge >= 0.3 is 0 Å². The Labute approximate surface area is 72.8 Å². The van der Waals surface area contributed by atoms with Gasteiger partial charge in [0, 0.05) is 21.8 Å². The summed E-state index contributed by atoms with van der Waals surface area (Å²) in [4.78, 5) is 9.99. The standard InChI is InChI=1S/C8H6BrNO/c9-7-1-2-8(10)6(5-7)3-4-11/h1-3,5H,10H2. The third-order valence-corrected chi connectivity index (χ3v) is 1.76. The zero-order chi connectivity index (χ0) is 8.27. The number of anilines is 1. The molecule has 3 heteroatoms. The van der Waals surface area contributed by atoms with Crippen LogP contribution in [0, 0.1) is 0 Å². The van der Waals surface area contributed by atoms with E-state index in [1.807, 2.05) is 6.07 Å². The van der Waals surface area contributed by atoms with E-state index in [0.717, 1.165) is 4.47 Å². The average molecular weight is 212 g/mol. The van der Waals surface area contributed by atoms with Gasteiger partial charge in [0.25, 0.3) is 0 Å². The molecule has 0 aliphatic carbocycles. The predicted octanol–water partition coefficient (Wildman–Crippen LogP) is 1.88. The lowest BCUT2D eigenvalue weighted by molar-refractivity contribution is 0.570. The number of carbonyl (C=O) groups excluding carboxylic acids is 1. The second-order valence-corrected chi connectivity index (χ2v) is 2.95. The van der Waals surface area contributed by atoms with Crippen molar-refractivity contribution in [3.05, 3.63) is 28.2 Å². The molecule has 0 saturated heterocycles. The van der Waals surface area contributed by atoms with Crippen LogP contribution in [0.3, 0.4) is 0 Å². The van der Waals surface area contributed by atoms with Crippen molar-refractivity contribution in [3.8, 4) is 0 Å². The molecule has 1 rings (SSSR count). The summed E-state index contributed by atoms with van der Waals surface area (Å²) in [6.45, 7) is 0. The van der Waals surface area contributed by atoms with E-state index in [-0.39, 0.29) is 0 Å². The summed E-state index contributed by atoms with van der Waals surface area (Å²) in [6.07, 6.45) is 1.31. The quantitative estimate of drug-likeness (QED) is 0.570. The van der Waals surface area contributed by atoms with E-state index in [9.17, 15) is 4.79 Å². The molecule has 2 nitrogen and oxygen atoms in total. The maximum absolute atomic E-state index is 9.99. The van der Waals surface area contributed by atoms with Crippen LogP contribution in [0.25, 0.3) is 6.08 Å². The average Bonchev–Trinajstić information content (AvgIpc) is 1.98. The van der Waals surface area contributed by atoms with Gasteiger partial charge in [0.2, 0.25) is 0 Å². The fraction of sp³-hybridized carbons (Fsp3) is 0. The minimum atomic E-state index is 0.580. The first kappa shape index (κ1) is 8.05. The van der Waals surface area contributed by atoms with Gasteiger partial charge in [-0.25, -0.2) is 4.79 Å². The highest BCUT2D eigenvalue weighted by molar-refractivity contribution is 9.10. The molecule has 0 radical (unpaired) electrons. The highest BCUT2D eigenvalue weighted by Gasteiger charge is 1.94. The molecule has 0 unspecified atom stereocenters. The summed E-state index contributed by atoms with van der Waals surface area (Å²) >= 11 is 3.26. The van der Waals surface area contributed by atoms with E-state index >= 15 is 0 Å². The molecule has 0 heterocycles. The Hall–Kier alpha value is -1.05. The molecule has 0 amide bonds. The predicted molar refractivity (Wildman–Crippen MR) is 48.7 cm³/mol. The number of nitrogens with two attached hydrogens (primary N) is 1. The van der Waals surface area contributed by atoms with E-state index in [0.29, 0.717) is 11.3 Å². The Bertz CT molecular complexity index is 316. The number of rotatable bonds is 1. The maximum Gasteiger partial charge on any atom is 0.125 e.